The lowest BCUT2D eigenvalue weighted by molar-refractivity contribution is -0.145. The Labute approximate surface area is 283 Å². The van der Waals surface area contributed by atoms with Gasteiger partial charge in [0.05, 0.1) is 10.8 Å². The van der Waals surface area contributed by atoms with Gasteiger partial charge in [0.25, 0.3) is 0 Å². The molecule has 1 fully saturated rings. The molecule has 7 nitrogen and oxygen atoms in total. The highest BCUT2D eigenvalue weighted by molar-refractivity contribution is 8.00. The highest BCUT2D eigenvalue weighted by atomic mass is 32.2. The molecule has 0 spiro atoms. The van der Waals surface area contributed by atoms with E-state index in [1.807, 2.05) is 54.6 Å². The van der Waals surface area contributed by atoms with E-state index in [2.05, 4.69) is 54.3 Å². The minimum atomic E-state index is -1.23. The summed E-state index contributed by atoms with van der Waals surface area (Å²) in [6.45, 7) is 3.29. The van der Waals surface area contributed by atoms with Crippen molar-refractivity contribution in [2.24, 2.45) is 11.7 Å². The van der Waals surface area contributed by atoms with Gasteiger partial charge in [-0.05, 0) is 42.9 Å². The number of hydrogen-bond donors (Lipinski definition) is 4. The van der Waals surface area contributed by atoms with Crippen LogP contribution in [0.4, 0.5) is 0 Å². The van der Waals surface area contributed by atoms with Crippen LogP contribution in [0, 0.1) is 5.92 Å². The molecule has 0 aromatic heterocycles. The number of carbonyl (C=O) groups excluding carboxylic acids is 2. The highest BCUT2D eigenvalue weighted by Crippen LogP contribution is 2.48. The Kier molecular flexibility index (Phi) is 12.4. The van der Waals surface area contributed by atoms with Gasteiger partial charge in [-0.3, -0.25) is 9.59 Å². The second-order valence-corrected chi connectivity index (χ2v) is 15.2. The molecule has 0 aliphatic heterocycles. The third-order valence-electron chi connectivity index (χ3n) is 8.98. The summed E-state index contributed by atoms with van der Waals surface area (Å²) in [6.07, 6.45) is 5.72. The summed E-state index contributed by atoms with van der Waals surface area (Å²) in [4.78, 5) is 41.3. The van der Waals surface area contributed by atoms with E-state index in [1.54, 1.807) is 32.7 Å². The summed E-state index contributed by atoms with van der Waals surface area (Å²) in [5, 5.41) is 12.5. The van der Waals surface area contributed by atoms with Crippen molar-refractivity contribution in [1.82, 2.24) is 10.2 Å². The zero-order valence-corrected chi connectivity index (χ0v) is 28.7. The van der Waals surface area contributed by atoms with E-state index in [9.17, 15) is 19.5 Å². The lowest BCUT2D eigenvalue weighted by Crippen LogP contribution is -2.59. The SMILES string of the molecule is CN(C(=O)[C@H](N)CSC(c1ccccc1)(c1ccccc1)c1ccccc1)[C@@H](CC1CCCCC1)C(=O)N[C@@H](C(=O)O)C(C)(C)S. The number of thioether (sulfide) groups is 1. The smallest absolute Gasteiger partial charge is 0.327 e. The Bertz CT molecular complexity index is 1330. The molecule has 3 aromatic carbocycles. The number of aliphatic carboxylic acids is 1. The van der Waals surface area contributed by atoms with Gasteiger partial charge >= 0.3 is 5.97 Å². The topological polar surface area (TPSA) is 113 Å². The average Bonchev–Trinajstić information content (AvgIpc) is 3.06. The standard InChI is InChI=1S/C37H47N3O4S2/c1-36(2,45)32(35(43)44)39-33(41)31(24-26-16-8-4-9-17-26)40(3)34(42)30(38)25-46-37(27-18-10-5-11-19-27,28-20-12-6-13-21-28)29-22-14-7-15-23-29/h5-7,10-15,18-23,26,30-32,45H,4,8-9,16-17,24-25,38H2,1-3H3,(H,39,41)(H,43,44)/t30-,31+,32+/m1/s1. The van der Waals surface area contributed by atoms with Crippen molar-refractivity contribution in [3.63, 3.8) is 0 Å². The molecule has 0 radical (unpaired) electrons. The molecule has 0 saturated heterocycles. The molecule has 0 heterocycles. The van der Waals surface area contributed by atoms with E-state index in [-0.39, 0.29) is 17.6 Å². The van der Waals surface area contributed by atoms with Crippen LogP contribution < -0.4 is 11.1 Å². The number of amides is 2. The molecule has 0 unspecified atom stereocenters. The Morgan fingerprint density at radius 2 is 1.35 bits per heavy atom. The van der Waals surface area contributed by atoms with Crippen molar-refractivity contribution >= 4 is 42.2 Å². The van der Waals surface area contributed by atoms with Crippen molar-refractivity contribution in [1.29, 1.82) is 0 Å². The van der Waals surface area contributed by atoms with Gasteiger partial charge in [-0.1, -0.05) is 123 Å². The Morgan fingerprint density at radius 3 is 1.76 bits per heavy atom. The molecule has 1 saturated carbocycles. The predicted octanol–water partition coefficient (Wildman–Crippen LogP) is 6.11. The van der Waals surface area contributed by atoms with Crippen molar-refractivity contribution in [2.45, 2.75) is 80.0 Å². The number of likely N-dealkylation sites (N-methyl/N-ethyl adjacent to an activating group) is 1. The lowest BCUT2D eigenvalue weighted by atomic mass is 9.84. The second-order valence-electron chi connectivity index (χ2n) is 12.8. The minimum Gasteiger partial charge on any atom is -0.480 e. The predicted molar refractivity (Wildman–Crippen MR) is 190 cm³/mol. The number of thiol groups is 1. The molecule has 246 valence electrons. The lowest BCUT2D eigenvalue weighted by Gasteiger charge is -2.37. The van der Waals surface area contributed by atoms with Gasteiger partial charge in [0.1, 0.15) is 12.1 Å². The first-order valence-electron chi connectivity index (χ1n) is 16.0. The van der Waals surface area contributed by atoms with E-state index < -0.39 is 39.5 Å². The third kappa shape index (κ3) is 8.55. The molecule has 46 heavy (non-hydrogen) atoms. The quantitative estimate of drug-likeness (QED) is 0.123. The fourth-order valence-corrected chi connectivity index (χ4v) is 8.08. The number of benzene rings is 3. The third-order valence-corrected chi connectivity index (χ3v) is 10.9. The zero-order valence-electron chi connectivity index (χ0n) is 27.0. The molecular formula is C37H47N3O4S2. The number of carboxylic acids is 1. The van der Waals surface area contributed by atoms with E-state index in [4.69, 9.17) is 5.73 Å². The molecule has 0 bridgehead atoms. The maximum atomic E-state index is 14.0. The number of carbonyl (C=O) groups is 3. The summed E-state index contributed by atoms with van der Waals surface area (Å²) >= 11 is 6.03. The second kappa shape index (κ2) is 16.0. The zero-order chi connectivity index (χ0) is 33.3. The van der Waals surface area contributed by atoms with Crippen molar-refractivity contribution in [3.05, 3.63) is 108 Å². The summed E-state index contributed by atoms with van der Waals surface area (Å²) in [5.74, 6) is -1.49. The Morgan fingerprint density at radius 1 is 0.891 bits per heavy atom. The van der Waals surface area contributed by atoms with Crippen molar-refractivity contribution in [3.8, 4) is 0 Å². The molecule has 9 heteroatoms. The number of nitrogens with two attached hydrogens (primary N) is 1. The first kappa shape index (κ1) is 35.6. The van der Waals surface area contributed by atoms with Crippen LogP contribution >= 0.6 is 24.4 Å². The molecule has 2 amide bonds. The van der Waals surface area contributed by atoms with Crippen LogP contribution in [-0.4, -0.2) is 63.5 Å². The van der Waals surface area contributed by atoms with Gasteiger partial charge in [-0.15, -0.1) is 11.8 Å². The van der Waals surface area contributed by atoms with Crippen molar-refractivity contribution < 1.29 is 19.5 Å². The van der Waals surface area contributed by atoms with Crippen LogP contribution in [0.3, 0.4) is 0 Å². The highest BCUT2D eigenvalue weighted by Gasteiger charge is 2.41. The van der Waals surface area contributed by atoms with Gasteiger partial charge in [0.15, 0.2) is 0 Å². The summed E-state index contributed by atoms with van der Waals surface area (Å²) < 4.78 is -1.66. The number of carboxylic acid groups (broad SMARTS) is 1. The van der Waals surface area contributed by atoms with Gasteiger partial charge in [-0.25, -0.2) is 4.79 Å². The summed E-state index contributed by atoms with van der Waals surface area (Å²) in [6, 6.07) is 27.6. The number of nitrogens with one attached hydrogen (secondary N) is 1. The largest absolute Gasteiger partial charge is 0.480 e. The van der Waals surface area contributed by atoms with Crippen LogP contribution in [0.15, 0.2) is 91.0 Å². The van der Waals surface area contributed by atoms with E-state index in [0.717, 1.165) is 48.8 Å². The summed E-state index contributed by atoms with van der Waals surface area (Å²) in [7, 11) is 1.61. The van der Waals surface area contributed by atoms with E-state index >= 15 is 0 Å². The molecule has 4 N–H and O–H groups in total. The van der Waals surface area contributed by atoms with Gasteiger partial charge in [-0.2, -0.15) is 12.6 Å². The van der Waals surface area contributed by atoms with Crippen LogP contribution in [0.5, 0.6) is 0 Å². The van der Waals surface area contributed by atoms with Gasteiger partial charge in [0.2, 0.25) is 11.8 Å². The van der Waals surface area contributed by atoms with Crippen LogP contribution in [-0.2, 0) is 19.1 Å². The van der Waals surface area contributed by atoms with Gasteiger partial charge < -0.3 is 21.1 Å². The molecule has 1 aliphatic rings. The minimum absolute atomic E-state index is 0.263. The van der Waals surface area contributed by atoms with Crippen LogP contribution in [0.1, 0.15) is 69.1 Å². The monoisotopic (exact) mass is 661 g/mol. The van der Waals surface area contributed by atoms with Crippen LogP contribution in [0.2, 0.25) is 0 Å². The van der Waals surface area contributed by atoms with E-state index in [0.29, 0.717) is 6.42 Å². The maximum absolute atomic E-state index is 14.0. The molecule has 1 aliphatic carbocycles. The Balaban J connectivity index is 1.63. The molecule has 3 aromatic rings. The number of nitrogens with zero attached hydrogens (tertiary/aromatic N) is 1. The molecular weight excluding hydrogens is 615 g/mol. The van der Waals surface area contributed by atoms with Gasteiger partial charge in [0, 0.05) is 17.5 Å². The molecule has 3 atom stereocenters. The summed E-state index contributed by atoms with van der Waals surface area (Å²) in [5.41, 5.74) is 9.89. The number of hydrogen-bond acceptors (Lipinski definition) is 6. The maximum Gasteiger partial charge on any atom is 0.327 e. The molecule has 4 rings (SSSR count). The number of rotatable bonds is 14. The average molecular weight is 662 g/mol. The first-order valence-corrected chi connectivity index (χ1v) is 17.5. The fraction of sp³-hybridized carbons (Fsp3) is 0.432. The first-order chi connectivity index (χ1) is 21.9. The fourth-order valence-electron chi connectivity index (χ4n) is 6.43. The van der Waals surface area contributed by atoms with E-state index in [1.165, 1.54) is 4.90 Å². The van der Waals surface area contributed by atoms with Crippen molar-refractivity contribution in [2.75, 3.05) is 12.8 Å². The normalized spacial score (nSPS) is 16.2. The Hall–Kier alpha value is -3.27. The van der Waals surface area contributed by atoms with Crippen LogP contribution in [0.25, 0.3) is 0 Å².